The van der Waals surface area contributed by atoms with Crippen molar-refractivity contribution in [1.82, 2.24) is 0 Å². The van der Waals surface area contributed by atoms with E-state index in [1.807, 2.05) is 0 Å². The van der Waals surface area contributed by atoms with Crippen LogP contribution >= 0.6 is 7.82 Å². The highest BCUT2D eigenvalue weighted by Crippen LogP contribution is 2.43. The van der Waals surface area contributed by atoms with Crippen molar-refractivity contribution in [1.29, 1.82) is 0 Å². The van der Waals surface area contributed by atoms with Gasteiger partial charge in [0, 0.05) is 19.4 Å². The maximum atomic E-state index is 12.8. The molecule has 0 aliphatic rings. The van der Waals surface area contributed by atoms with Crippen LogP contribution in [0.3, 0.4) is 0 Å². The van der Waals surface area contributed by atoms with Gasteiger partial charge in [0.15, 0.2) is 6.10 Å². The van der Waals surface area contributed by atoms with Crippen LogP contribution in [0.2, 0.25) is 0 Å². The van der Waals surface area contributed by atoms with Crippen molar-refractivity contribution in [2.45, 2.75) is 405 Å². The van der Waals surface area contributed by atoms with Crippen LogP contribution in [0.15, 0.2) is 97.2 Å². The van der Waals surface area contributed by atoms with Crippen LogP contribution < -0.4 is 5.73 Å². The van der Waals surface area contributed by atoms with Crippen molar-refractivity contribution in [2.75, 3.05) is 26.4 Å². The molecule has 10 heteroatoms. The molecule has 0 fully saturated rings. The molecule has 0 spiro atoms. The van der Waals surface area contributed by atoms with Gasteiger partial charge < -0.3 is 20.1 Å². The lowest BCUT2D eigenvalue weighted by Gasteiger charge is -2.19. The van der Waals surface area contributed by atoms with Crippen molar-refractivity contribution in [2.24, 2.45) is 5.73 Å². The van der Waals surface area contributed by atoms with Crippen LogP contribution in [0, 0.1) is 0 Å². The number of hydrogen-bond donors (Lipinski definition) is 2. The minimum Gasteiger partial charge on any atom is -0.462 e. The van der Waals surface area contributed by atoms with Crippen LogP contribution in [-0.4, -0.2) is 49.3 Å². The van der Waals surface area contributed by atoms with Crippen LogP contribution in [-0.2, 0) is 32.7 Å². The fraction of sp³-hybridized carbons (Fsp3) is 0.788. The predicted octanol–water partition coefficient (Wildman–Crippen LogP) is 27.4. The quantitative estimate of drug-likeness (QED) is 0.0264. The second-order valence-corrected chi connectivity index (χ2v) is 28.7. The Morgan fingerprint density at radius 2 is 0.579 bits per heavy atom. The fourth-order valence-corrected chi connectivity index (χ4v) is 12.7. The van der Waals surface area contributed by atoms with Gasteiger partial charge in [-0.15, -0.1) is 0 Å². The van der Waals surface area contributed by atoms with Gasteiger partial charge in [0.25, 0.3) is 0 Å². The number of ether oxygens (including phenoxy) is 2. The molecule has 0 saturated carbocycles. The van der Waals surface area contributed by atoms with E-state index in [0.717, 1.165) is 77.0 Å². The first-order chi connectivity index (χ1) is 46.8. The Bertz CT molecular complexity index is 1890. The zero-order valence-corrected chi connectivity index (χ0v) is 63.3. The Balaban J connectivity index is 3.76. The summed E-state index contributed by atoms with van der Waals surface area (Å²) in [5.74, 6) is -0.808. The number of nitrogens with two attached hydrogens (primary N) is 1. The van der Waals surface area contributed by atoms with E-state index in [1.165, 1.54) is 289 Å². The summed E-state index contributed by atoms with van der Waals surface area (Å²) >= 11 is 0. The van der Waals surface area contributed by atoms with Gasteiger partial charge in [-0.1, -0.05) is 387 Å². The monoisotopic (exact) mass is 1350 g/mol. The Labute approximate surface area is 588 Å². The molecule has 0 aromatic heterocycles. The molecule has 0 aromatic rings. The Kier molecular flexibility index (Phi) is 77.3. The van der Waals surface area contributed by atoms with E-state index in [2.05, 4.69) is 111 Å². The molecule has 552 valence electrons. The van der Waals surface area contributed by atoms with Gasteiger partial charge in [-0.2, -0.15) is 0 Å². The maximum absolute atomic E-state index is 12.8. The smallest absolute Gasteiger partial charge is 0.462 e. The van der Waals surface area contributed by atoms with Gasteiger partial charge in [-0.05, 0) is 96.3 Å². The molecule has 2 unspecified atom stereocenters. The summed E-state index contributed by atoms with van der Waals surface area (Å²) in [6.07, 6.45) is 110. The summed E-state index contributed by atoms with van der Waals surface area (Å²) in [6, 6.07) is 0. The van der Waals surface area contributed by atoms with Crippen LogP contribution in [0.25, 0.3) is 0 Å². The van der Waals surface area contributed by atoms with E-state index in [-0.39, 0.29) is 38.6 Å². The normalized spacial score (nSPS) is 13.3. The first kappa shape index (κ1) is 91.9. The SMILES string of the molecule is CC/C=C\C/C=C\C/C=C\C/C=C\C/C=C\CCCCCCCCCCCCCCCCCCCCCCCCCCCC(=O)OC(COC(=O)CCCCCCCCCCCCCCCCCCCC/C=C\C/C=C\C/C=C\CCCCCCC)COP(=O)(O)OCCN. The third-order valence-electron chi connectivity index (χ3n) is 18.0. The van der Waals surface area contributed by atoms with Gasteiger partial charge in [-0.25, -0.2) is 4.57 Å². The van der Waals surface area contributed by atoms with Crippen molar-refractivity contribution in [3.63, 3.8) is 0 Å². The lowest BCUT2D eigenvalue weighted by molar-refractivity contribution is -0.161. The highest BCUT2D eigenvalue weighted by Gasteiger charge is 2.26. The first-order valence-electron chi connectivity index (χ1n) is 40.7. The Morgan fingerprint density at radius 1 is 0.326 bits per heavy atom. The topological polar surface area (TPSA) is 134 Å². The number of hydrogen-bond acceptors (Lipinski definition) is 8. The minimum absolute atomic E-state index is 0.0537. The zero-order valence-electron chi connectivity index (χ0n) is 62.4. The third-order valence-corrected chi connectivity index (χ3v) is 18.9. The van der Waals surface area contributed by atoms with Gasteiger partial charge in [-0.3, -0.25) is 18.6 Å². The molecule has 9 nitrogen and oxygen atoms in total. The van der Waals surface area contributed by atoms with Crippen LogP contribution in [0.1, 0.15) is 399 Å². The molecule has 0 aliphatic heterocycles. The molecule has 0 rings (SSSR count). The lowest BCUT2D eigenvalue weighted by Crippen LogP contribution is -2.29. The number of carbonyl (C=O) groups excluding carboxylic acids is 2. The van der Waals surface area contributed by atoms with Crippen molar-refractivity contribution < 1.29 is 37.6 Å². The van der Waals surface area contributed by atoms with Gasteiger partial charge in [0.2, 0.25) is 0 Å². The van der Waals surface area contributed by atoms with Crippen molar-refractivity contribution in [3.8, 4) is 0 Å². The van der Waals surface area contributed by atoms with Gasteiger partial charge >= 0.3 is 19.8 Å². The molecule has 3 N–H and O–H groups in total. The average Bonchev–Trinajstić information content (AvgIpc) is 2.75. The second-order valence-electron chi connectivity index (χ2n) is 27.3. The molecule has 0 heterocycles. The minimum atomic E-state index is -4.40. The number of phosphoric acid groups is 1. The van der Waals surface area contributed by atoms with Crippen LogP contribution in [0.5, 0.6) is 0 Å². The molecule has 0 aromatic carbocycles. The summed E-state index contributed by atoms with van der Waals surface area (Å²) in [5.41, 5.74) is 5.42. The Hall–Kier alpha value is -3.07. The van der Waals surface area contributed by atoms with Gasteiger partial charge in [0.05, 0.1) is 13.2 Å². The summed E-state index contributed by atoms with van der Waals surface area (Å²) in [5, 5.41) is 0. The van der Waals surface area contributed by atoms with E-state index < -0.39 is 26.5 Å². The zero-order chi connectivity index (χ0) is 68.6. The molecule has 0 amide bonds. The fourth-order valence-electron chi connectivity index (χ4n) is 12.0. The maximum Gasteiger partial charge on any atom is 0.472 e. The highest BCUT2D eigenvalue weighted by molar-refractivity contribution is 7.47. The molecule has 2 atom stereocenters. The first-order valence-corrected chi connectivity index (χ1v) is 42.2. The number of allylic oxidation sites excluding steroid dienone is 16. The summed E-state index contributed by atoms with van der Waals surface area (Å²) in [4.78, 5) is 35.5. The highest BCUT2D eigenvalue weighted by atomic mass is 31.2. The number of rotatable bonds is 77. The van der Waals surface area contributed by atoms with Gasteiger partial charge in [0.1, 0.15) is 6.61 Å². The summed E-state index contributed by atoms with van der Waals surface area (Å²) in [7, 11) is -4.40. The van der Waals surface area contributed by atoms with Crippen molar-refractivity contribution >= 4 is 19.8 Å². The largest absolute Gasteiger partial charge is 0.472 e. The Morgan fingerprint density at radius 3 is 0.863 bits per heavy atom. The van der Waals surface area contributed by atoms with E-state index in [4.69, 9.17) is 24.3 Å². The number of esters is 2. The summed E-state index contributed by atoms with van der Waals surface area (Å²) in [6.45, 7) is 3.68. The molecule has 0 aliphatic carbocycles. The molecule has 0 bridgehead atoms. The number of carbonyl (C=O) groups is 2. The molecule has 0 radical (unpaired) electrons. The predicted molar refractivity (Wildman–Crippen MR) is 413 cm³/mol. The second kappa shape index (κ2) is 79.9. The summed E-state index contributed by atoms with van der Waals surface area (Å²) < 4.78 is 33.3. The lowest BCUT2D eigenvalue weighted by atomic mass is 10.0. The van der Waals surface area contributed by atoms with E-state index in [9.17, 15) is 19.0 Å². The van der Waals surface area contributed by atoms with E-state index in [1.54, 1.807) is 0 Å². The molecular weight excluding hydrogens is 1190 g/mol. The van der Waals surface area contributed by atoms with E-state index in [0.29, 0.717) is 6.42 Å². The average molecular weight is 1350 g/mol. The number of unbranched alkanes of at least 4 members (excludes halogenated alkanes) is 48. The third kappa shape index (κ3) is 79.8. The molecule has 0 saturated heterocycles. The van der Waals surface area contributed by atoms with E-state index >= 15 is 0 Å². The molecule has 95 heavy (non-hydrogen) atoms. The number of phosphoric ester groups is 1. The molecular formula is C85H154NO8P. The van der Waals surface area contributed by atoms with Crippen LogP contribution in [0.4, 0.5) is 0 Å². The standard InChI is InChI=1S/C85H154NO8P/c1-3-5-7-9-11-13-15-17-19-21-23-25-27-29-31-33-35-37-38-39-40-41-42-43-44-46-48-50-52-54-56-58-60-62-64-66-68-70-72-74-76-78-85(88)94-83(82-93-95(89,90)92-80-79-86)81-91-84(87)77-75-73-71-69-67-65-63-61-59-57-55-53-51-49-47-45-36-34-32-30-28-26-24-22-20-18-16-14-12-10-8-6-4-2/h5,7,11,13,16-19,22-25,28-31,83H,3-4,6,8-10,12,14-15,20-21,26-27,32-82,86H2,1-2H3,(H,89,90)/b7-5-,13-11-,18-16-,19-17-,24-22-,25-23-,30-28-,31-29-. The van der Waals surface area contributed by atoms with Crippen molar-refractivity contribution in [3.05, 3.63) is 97.2 Å².